The second-order valence-electron chi connectivity index (χ2n) is 3.97. The van der Waals surface area contributed by atoms with Gasteiger partial charge in [-0.05, 0) is 19.3 Å². The molecule has 0 radical (unpaired) electrons. The molecule has 1 aromatic heterocycles. The largest absolute Gasteiger partial charge is 0.467 e. The number of anilines is 2. The van der Waals surface area contributed by atoms with Crippen molar-refractivity contribution in [3.05, 3.63) is 0 Å². The quantitative estimate of drug-likeness (QED) is 0.787. The van der Waals surface area contributed by atoms with E-state index in [0.717, 1.165) is 19.3 Å². The van der Waals surface area contributed by atoms with Crippen LogP contribution in [0.5, 0.6) is 6.01 Å². The molecule has 0 aliphatic rings. The van der Waals surface area contributed by atoms with Gasteiger partial charge in [-0.15, -0.1) is 0 Å². The monoisotopic (exact) mass is 239 g/mol. The van der Waals surface area contributed by atoms with Gasteiger partial charge in [0, 0.05) is 5.54 Å². The van der Waals surface area contributed by atoms with E-state index in [2.05, 4.69) is 41.0 Å². The zero-order valence-corrected chi connectivity index (χ0v) is 10.9. The standard InChI is InChI=1S/C11H21N5O/c1-5-11(6-2,7-3)16-9-13-8(12)14-10(15-9)17-4/h5-7H2,1-4H3,(H3,12,13,14,15,16). The Morgan fingerprint density at radius 3 is 2.18 bits per heavy atom. The number of nitrogens with zero attached hydrogens (tertiary/aromatic N) is 3. The van der Waals surface area contributed by atoms with Crippen molar-refractivity contribution in [3.8, 4) is 6.01 Å². The Labute approximate surface area is 102 Å². The summed E-state index contributed by atoms with van der Waals surface area (Å²) in [7, 11) is 1.51. The van der Waals surface area contributed by atoms with Gasteiger partial charge < -0.3 is 15.8 Å². The summed E-state index contributed by atoms with van der Waals surface area (Å²) in [6.45, 7) is 6.42. The highest BCUT2D eigenvalue weighted by Gasteiger charge is 2.24. The van der Waals surface area contributed by atoms with Crippen molar-refractivity contribution in [2.75, 3.05) is 18.2 Å². The van der Waals surface area contributed by atoms with E-state index < -0.39 is 0 Å². The molecule has 0 bridgehead atoms. The second kappa shape index (κ2) is 5.65. The summed E-state index contributed by atoms with van der Waals surface area (Å²) >= 11 is 0. The average molecular weight is 239 g/mol. The fourth-order valence-electron chi connectivity index (χ4n) is 1.77. The van der Waals surface area contributed by atoms with Gasteiger partial charge in [0.15, 0.2) is 0 Å². The van der Waals surface area contributed by atoms with Crippen molar-refractivity contribution >= 4 is 11.9 Å². The Morgan fingerprint density at radius 2 is 1.71 bits per heavy atom. The Kier molecular flexibility index (Phi) is 4.48. The molecule has 0 saturated heterocycles. The normalized spacial score (nSPS) is 11.3. The third-order valence-electron chi connectivity index (χ3n) is 3.22. The van der Waals surface area contributed by atoms with Crippen LogP contribution in [-0.4, -0.2) is 27.6 Å². The van der Waals surface area contributed by atoms with Gasteiger partial charge in [-0.2, -0.15) is 15.0 Å². The summed E-state index contributed by atoms with van der Waals surface area (Å²) in [5.74, 6) is 0.636. The van der Waals surface area contributed by atoms with E-state index in [4.69, 9.17) is 10.5 Å². The highest BCUT2D eigenvalue weighted by Crippen LogP contribution is 2.24. The van der Waals surface area contributed by atoms with Crippen molar-refractivity contribution in [3.63, 3.8) is 0 Å². The minimum absolute atomic E-state index is 0.00119. The van der Waals surface area contributed by atoms with E-state index in [9.17, 15) is 0 Å². The molecule has 1 aromatic rings. The number of rotatable bonds is 6. The Bertz CT molecular complexity index is 357. The SMILES string of the molecule is CCC(CC)(CC)Nc1nc(N)nc(OC)n1. The van der Waals surface area contributed by atoms with E-state index in [-0.39, 0.29) is 17.5 Å². The van der Waals surface area contributed by atoms with Gasteiger partial charge in [0.05, 0.1) is 7.11 Å². The zero-order chi connectivity index (χ0) is 12.9. The molecule has 6 heteroatoms. The van der Waals surface area contributed by atoms with Gasteiger partial charge in [0.2, 0.25) is 11.9 Å². The van der Waals surface area contributed by atoms with Gasteiger partial charge in [0.1, 0.15) is 0 Å². The minimum atomic E-state index is -0.00119. The molecule has 0 unspecified atom stereocenters. The molecule has 0 aliphatic carbocycles. The molecule has 3 N–H and O–H groups in total. The summed E-state index contributed by atoms with van der Waals surface area (Å²) in [4.78, 5) is 12.1. The molecular formula is C11H21N5O. The first-order valence-electron chi connectivity index (χ1n) is 5.92. The van der Waals surface area contributed by atoms with E-state index in [0.29, 0.717) is 5.95 Å². The Hall–Kier alpha value is -1.59. The van der Waals surface area contributed by atoms with E-state index in [1.54, 1.807) is 0 Å². The molecule has 0 atom stereocenters. The van der Waals surface area contributed by atoms with Crippen LogP contribution in [0.2, 0.25) is 0 Å². The molecule has 0 amide bonds. The number of nitrogens with one attached hydrogen (secondary N) is 1. The smallest absolute Gasteiger partial charge is 0.322 e. The maximum atomic E-state index is 5.60. The number of nitrogen functional groups attached to an aromatic ring is 1. The van der Waals surface area contributed by atoms with Crippen LogP contribution in [-0.2, 0) is 0 Å². The molecule has 6 nitrogen and oxygen atoms in total. The van der Waals surface area contributed by atoms with Crippen LogP contribution in [0.3, 0.4) is 0 Å². The fourth-order valence-corrected chi connectivity index (χ4v) is 1.77. The van der Waals surface area contributed by atoms with Crippen LogP contribution in [0.1, 0.15) is 40.0 Å². The van der Waals surface area contributed by atoms with Crippen molar-refractivity contribution in [1.82, 2.24) is 15.0 Å². The molecule has 0 spiro atoms. The Balaban J connectivity index is 2.96. The van der Waals surface area contributed by atoms with Crippen LogP contribution >= 0.6 is 0 Å². The van der Waals surface area contributed by atoms with Crippen LogP contribution < -0.4 is 15.8 Å². The number of nitrogens with two attached hydrogens (primary N) is 1. The van der Waals surface area contributed by atoms with Gasteiger partial charge in [-0.3, -0.25) is 0 Å². The zero-order valence-electron chi connectivity index (χ0n) is 10.9. The van der Waals surface area contributed by atoms with Crippen LogP contribution in [0.25, 0.3) is 0 Å². The number of aromatic nitrogens is 3. The van der Waals surface area contributed by atoms with Gasteiger partial charge in [-0.1, -0.05) is 20.8 Å². The highest BCUT2D eigenvalue weighted by atomic mass is 16.5. The lowest BCUT2D eigenvalue weighted by molar-refractivity contribution is 0.376. The number of ether oxygens (including phenoxy) is 1. The summed E-state index contributed by atoms with van der Waals surface area (Å²) in [6, 6.07) is 0.234. The van der Waals surface area contributed by atoms with Crippen LogP contribution in [0, 0.1) is 0 Å². The summed E-state index contributed by atoms with van der Waals surface area (Å²) in [5.41, 5.74) is 5.59. The first kappa shape index (κ1) is 13.5. The predicted molar refractivity (Wildman–Crippen MR) is 68.0 cm³/mol. The number of methoxy groups -OCH3 is 1. The summed E-state index contributed by atoms with van der Waals surface area (Å²) < 4.78 is 4.97. The first-order chi connectivity index (χ1) is 8.09. The second-order valence-corrected chi connectivity index (χ2v) is 3.97. The number of hydrogen-bond acceptors (Lipinski definition) is 6. The average Bonchev–Trinajstić information content (AvgIpc) is 2.35. The predicted octanol–water partition coefficient (Wildman–Crippen LogP) is 1.84. The van der Waals surface area contributed by atoms with Crippen molar-refractivity contribution in [1.29, 1.82) is 0 Å². The van der Waals surface area contributed by atoms with E-state index in [1.165, 1.54) is 7.11 Å². The number of hydrogen-bond donors (Lipinski definition) is 2. The van der Waals surface area contributed by atoms with E-state index >= 15 is 0 Å². The minimum Gasteiger partial charge on any atom is -0.467 e. The van der Waals surface area contributed by atoms with Crippen molar-refractivity contribution in [2.24, 2.45) is 0 Å². The maximum Gasteiger partial charge on any atom is 0.322 e. The van der Waals surface area contributed by atoms with Gasteiger partial charge >= 0.3 is 6.01 Å². The van der Waals surface area contributed by atoms with Crippen molar-refractivity contribution in [2.45, 2.75) is 45.6 Å². The third-order valence-corrected chi connectivity index (χ3v) is 3.22. The lowest BCUT2D eigenvalue weighted by Gasteiger charge is -2.31. The lowest BCUT2D eigenvalue weighted by Crippen LogP contribution is -2.37. The van der Waals surface area contributed by atoms with Crippen LogP contribution in [0.4, 0.5) is 11.9 Å². The molecule has 0 fully saturated rings. The van der Waals surface area contributed by atoms with Gasteiger partial charge in [0.25, 0.3) is 0 Å². The van der Waals surface area contributed by atoms with E-state index in [1.807, 2.05) is 0 Å². The molecule has 96 valence electrons. The fraction of sp³-hybridized carbons (Fsp3) is 0.727. The maximum absolute atomic E-state index is 5.60. The molecule has 0 aliphatic heterocycles. The molecule has 1 rings (SSSR count). The molecule has 1 heterocycles. The van der Waals surface area contributed by atoms with Crippen LogP contribution in [0.15, 0.2) is 0 Å². The molecular weight excluding hydrogens is 218 g/mol. The summed E-state index contributed by atoms with van der Waals surface area (Å²) in [6.07, 6.45) is 2.98. The topological polar surface area (TPSA) is 86.0 Å². The van der Waals surface area contributed by atoms with Gasteiger partial charge in [-0.25, -0.2) is 0 Å². The molecule has 0 aromatic carbocycles. The highest BCUT2D eigenvalue weighted by molar-refractivity contribution is 5.35. The molecule has 17 heavy (non-hydrogen) atoms. The Morgan fingerprint density at radius 1 is 1.12 bits per heavy atom. The van der Waals surface area contributed by atoms with Crippen molar-refractivity contribution < 1.29 is 4.74 Å². The third kappa shape index (κ3) is 3.18. The molecule has 0 saturated carbocycles. The lowest BCUT2D eigenvalue weighted by atomic mass is 9.90. The summed E-state index contributed by atoms with van der Waals surface area (Å²) in [5, 5.41) is 3.33. The first-order valence-corrected chi connectivity index (χ1v) is 5.92.